The SMILES string of the molecule is N#Cc1ccsc1.OBO. The van der Waals surface area contributed by atoms with Crippen molar-refractivity contribution >= 4 is 19.0 Å². The first-order chi connectivity index (χ1) is 4.85. The van der Waals surface area contributed by atoms with Gasteiger partial charge in [0, 0.05) is 5.38 Å². The van der Waals surface area contributed by atoms with Gasteiger partial charge in [-0.05, 0) is 11.4 Å². The van der Waals surface area contributed by atoms with E-state index in [9.17, 15) is 0 Å². The third-order valence-electron chi connectivity index (χ3n) is 0.650. The second kappa shape index (κ2) is 6.30. The molecule has 5 heteroatoms. The fraction of sp³-hybridized carbons (Fsp3) is 0. The van der Waals surface area contributed by atoms with E-state index in [1.807, 2.05) is 16.8 Å². The van der Waals surface area contributed by atoms with Crippen LogP contribution in [0.3, 0.4) is 0 Å². The quantitative estimate of drug-likeness (QED) is 0.512. The van der Waals surface area contributed by atoms with Crippen LogP contribution in [0.2, 0.25) is 0 Å². The van der Waals surface area contributed by atoms with Crippen molar-refractivity contribution in [2.75, 3.05) is 0 Å². The lowest BCUT2D eigenvalue weighted by Crippen LogP contribution is -1.75. The lowest BCUT2D eigenvalue weighted by atomic mass is 10.4. The van der Waals surface area contributed by atoms with E-state index in [2.05, 4.69) is 0 Å². The van der Waals surface area contributed by atoms with Gasteiger partial charge in [0.05, 0.1) is 11.6 Å². The fourth-order valence-electron chi connectivity index (χ4n) is 0.328. The first kappa shape index (κ1) is 9.17. The standard InChI is InChI=1S/C5H3NS.BH3O2/c6-3-5-1-2-7-4-5;2-1-3/h1-2,4H;1-3H. The molecule has 10 heavy (non-hydrogen) atoms. The molecule has 0 saturated carbocycles. The molecular weight excluding hydrogens is 149 g/mol. The van der Waals surface area contributed by atoms with Gasteiger partial charge in [-0.1, -0.05) is 0 Å². The lowest BCUT2D eigenvalue weighted by Gasteiger charge is -1.62. The van der Waals surface area contributed by atoms with Gasteiger partial charge >= 0.3 is 7.69 Å². The van der Waals surface area contributed by atoms with Crippen molar-refractivity contribution in [2.24, 2.45) is 0 Å². The monoisotopic (exact) mass is 155 g/mol. The summed E-state index contributed by atoms with van der Waals surface area (Å²) in [4.78, 5) is 0. The van der Waals surface area contributed by atoms with E-state index in [1.165, 1.54) is 0 Å². The predicted octanol–water partition coefficient (Wildman–Crippen LogP) is -0.143. The van der Waals surface area contributed by atoms with E-state index in [-0.39, 0.29) is 0 Å². The predicted molar refractivity (Wildman–Crippen MR) is 40.6 cm³/mol. The molecule has 0 atom stereocenters. The molecule has 0 bridgehead atoms. The topological polar surface area (TPSA) is 64.2 Å². The average molecular weight is 155 g/mol. The molecule has 3 nitrogen and oxygen atoms in total. The summed E-state index contributed by atoms with van der Waals surface area (Å²) in [5.41, 5.74) is 0.755. The van der Waals surface area contributed by atoms with Crippen molar-refractivity contribution in [2.45, 2.75) is 0 Å². The molecule has 0 radical (unpaired) electrons. The summed E-state index contributed by atoms with van der Waals surface area (Å²) < 4.78 is 0. The largest absolute Gasteiger partial charge is 0.432 e. The van der Waals surface area contributed by atoms with Gasteiger partial charge in [-0.2, -0.15) is 16.6 Å². The van der Waals surface area contributed by atoms with E-state index in [0.717, 1.165) is 5.56 Å². The van der Waals surface area contributed by atoms with Crippen LogP contribution in [0.25, 0.3) is 0 Å². The Morgan fingerprint density at radius 1 is 1.60 bits per heavy atom. The Morgan fingerprint density at radius 2 is 2.20 bits per heavy atom. The molecule has 0 unspecified atom stereocenters. The highest BCUT2D eigenvalue weighted by molar-refractivity contribution is 7.08. The van der Waals surface area contributed by atoms with Crippen LogP contribution in [0.1, 0.15) is 5.56 Å². The molecule has 52 valence electrons. The van der Waals surface area contributed by atoms with Crippen molar-refractivity contribution < 1.29 is 10.0 Å². The summed E-state index contributed by atoms with van der Waals surface area (Å²) in [6.45, 7) is 0. The van der Waals surface area contributed by atoms with Gasteiger partial charge in [-0.3, -0.25) is 0 Å². The Kier molecular flexibility index (Phi) is 5.78. The second-order valence-electron chi connectivity index (χ2n) is 1.27. The molecule has 0 aliphatic rings. The van der Waals surface area contributed by atoms with Gasteiger partial charge in [-0.15, -0.1) is 0 Å². The molecule has 2 N–H and O–H groups in total. The molecule has 0 saturated heterocycles. The van der Waals surface area contributed by atoms with Crippen LogP contribution in [-0.4, -0.2) is 17.7 Å². The maximum atomic E-state index is 8.18. The molecule has 0 spiro atoms. The average Bonchev–Trinajstić information content (AvgIpc) is 2.39. The summed E-state index contributed by atoms with van der Waals surface area (Å²) in [5.74, 6) is 0. The minimum absolute atomic E-state index is 0.750. The van der Waals surface area contributed by atoms with E-state index in [1.54, 1.807) is 17.4 Å². The molecule has 0 aliphatic carbocycles. The smallest absolute Gasteiger partial charge is 0.430 e. The van der Waals surface area contributed by atoms with Crippen LogP contribution in [0.15, 0.2) is 16.8 Å². The minimum atomic E-state index is -0.750. The van der Waals surface area contributed by atoms with E-state index in [4.69, 9.17) is 15.3 Å². The Hall–Kier alpha value is -0.825. The zero-order valence-corrected chi connectivity index (χ0v) is 6.01. The van der Waals surface area contributed by atoms with Crippen LogP contribution < -0.4 is 0 Å². The van der Waals surface area contributed by atoms with Crippen molar-refractivity contribution in [3.63, 3.8) is 0 Å². The van der Waals surface area contributed by atoms with Crippen molar-refractivity contribution in [3.8, 4) is 6.07 Å². The summed E-state index contributed by atoms with van der Waals surface area (Å²) >= 11 is 1.54. The highest BCUT2D eigenvalue weighted by atomic mass is 32.1. The van der Waals surface area contributed by atoms with E-state index >= 15 is 0 Å². The number of rotatable bonds is 0. The second-order valence-corrected chi connectivity index (χ2v) is 2.05. The van der Waals surface area contributed by atoms with Crippen molar-refractivity contribution in [1.29, 1.82) is 5.26 Å². The van der Waals surface area contributed by atoms with Gasteiger partial charge in [0.25, 0.3) is 0 Å². The maximum Gasteiger partial charge on any atom is 0.432 e. The number of thiophene rings is 1. The number of hydrogen-bond acceptors (Lipinski definition) is 4. The summed E-state index contributed by atoms with van der Waals surface area (Å²) in [7, 11) is -0.750. The molecule has 1 heterocycles. The fourth-order valence-corrected chi connectivity index (χ4v) is 0.910. The van der Waals surface area contributed by atoms with Gasteiger partial charge in [0.15, 0.2) is 0 Å². The Bertz CT molecular complexity index is 194. The van der Waals surface area contributed by atoms with Gasteiger partial charge in [0.2, 0.25) is 0 Å². The molecule has 0 amide bonds. The van der Waals surface area contributed by atoms with Crippen LogP contribution in [0.4, 0.5) is 0 Å². The molecular formula is C5H6BNO2S. The zero-order chi connectivity index (χ0) is 7.82. The summed E-state index contributed by atoms with van der Waals surface area (Å²) in [6, 6.07) is 3.81. The Balaban J connectivity index is 0.000000236. The Labute approximate surface area is 63.5 Å². The van der Waals surface area contributed by atoms with Gasteiger partial charge in [-0.25, -0.2) is 0 Å². The molecule has 1 rings (SSSR count). The highest BCUT2D eigenvalue weighted by Crippen LogP contribution is 2.02. The first-order valence-corrected chi connectivity index (χ1v) is 3.43. The number of nitrogens with zero attached hydrogens (tertiary/aromatic N) is 1. The minimum Gasteiger partial charge on any atom is -0.430 e. The molecule has 0 aliphatic heterocycles. The maximum absolute atomic E-state index is 8.18. The third kappa shape index (κ3) is 4.09. The number of hydrogen-bond donors (Lipinski definition) is 2. The highest BCUT2D eigenvalue weighted by Gasteiger charge is 1.82. The summed E-state index contributed by atoms with van der Waals surface area (Å²) in [6.07, 6.45) is 0. The Morgan fingerprint density at radius 3 is 2.40 bits per heavy atom. The van der Waals surface area contributed by atoms with Gasteiger partial charge < -0.3 is 10.0 Å². The van der Waals surface area contributed by atoms with Crippen LogP contribution in [-0.2, 0) is 0 Å². The van der Waals surface area contributed by atoms with Crippen LogP contribution in [0, 0.1) is 11.3 Å². The van der Waals surface area contributed by atoms with E-state index in [0.29, 0.717) is 0 Å². The van der Waals surface area contributed by atoms with Crippen molar-refractivity contribution in [3.05, 3.63) is 22.4 Å². The molecule has 0 aromatic carbocycles. The first-order valence-electron chi connectivity index (χ1n) is 2.49. The van der Waals surface area contributed by atoms with E-state index < -0.39 is 7.69 Å². The normalized spacial score (nSPS) is 6.90. The number of nitriles is 1. The molecule has 1 aromatic rings. The van der Waals surface area contributed by atoms with Crippen LogP contribution in [0.5, 0.6) is 0 Å². The van der Waals surface area contributed by atoms with Crippen molar-refractivity contribution in [1.82, 2.24) is 0 Å². The van der Waals surface area contributed by atoms with Gasteiger partial charge in [0.1, 0.15) is 0 Å². The molecule has 0 fully saturated rings. The lowest BCUT2D eigenvalue weighted by molar-refractivity contribution is 0.448. The van der Waals surface area contributed by atoms with Crippen LogP contribution >= 0.6 is 11.3 Å². The zero-order valence-electron chi connectivity index (χ0n) is 5.19. The summed E-state index contributed by atoms with van der Waals surface area (Å²) in [5, 5.41) is 26.1. The molecule has 1 aromatic heterocycles. The third-order valence-corrected chi connectivity index (χ3v) is 1.33.